The van der Waals surface area contributed by atoms with Crippen molar-refractivity contribution in [2.75, 3.05) is 0 Å². The number of aromatic nitrogens is 1. The molecule has 3 nitrogen and oxygen atoms in total. The van der Waals surface area contributed by atoms with Crippen molar-refractivity contribution in [3.05, 3.63) is 18.2 Å². The molecule has 1 unspecified atom stereocenters. The van der Waals surface area contributed by atoms with E-state index in [1.807, 2.05) is 18.2 Å². The summed E-state index contributed by atoms with van der Waals surface area (Å²) in [5, 5.41) is 0.741. The van der Waals surface area contributed by atoms with Crippen LogP contribution >= 0.6 is 12.2 Å². The Morgan fingerprint density at radius 3 is 2.43 bits per heavy atom. The molecule has 0 bridgehead atoms. The summed E-state index contributed by atoms with van der Waals surface area (Å²) in [6, 6.07) is 5.62. The Morgan fingerprint density at radius 1 is 1.26 bits per heavy atom. The molecule has 1 aromatic rings. The molecule has 0 fully saturated rings. The fraction of sp³-hybridized carbons (Fsp3) is 0.667. The molecule has 0 aliphatic carbocycles. The van der Waals surface area contributed by atoms with Gasteiger partial charge in [0.25, 0.3) is 8.32 Å². The number of hydrogen-bond acceptors (Lipinski definition) is 4. The highest BCUT2D eigenvalue weighted by Crippen LogP contribution is 2.37. The topological polar surface area (TPSA) is 31.4 Å². The van der Waals surface area contributed by atoms with Crippen LogP contribution in [0.1, 0.15) is 53.9 Å². The van der Waals surface area contributed by atoms with E-state index in [2.05, 4.69) is 52.7 Å². The quantitative estimate of drug-likeness (QED) is 0.444. The van der Waals surface area contributed by atoms with Crippen LogP contribution in [0.2, 0.25) is 18.1 Å². The molecular weight excluding hydrogens is 322 g/mol. The fourth-order valence-corrected chi connectivity index (χ4v) is 2.90. The van der Waals surface area contributed by atoms with E-state index in [0.717, 1.165) is 12.8 Å². The van der Waals surface area contributed by atoms with Crippen LogP contribution in [-0.2, 0) is 0 Å². The van der Waals surface area contributed by atoms with Crippen molar-refractivity contribution in [2.24, 2.45) is 5.92 Å². The van der Waals surface area contributed by atoms with Crippen molar-refractivity contribution in [1.82, 2.24) is 4.98 Å². The molecule has 1 rings (SSSR count). The second kappa shape index (κ2) is 8.24. The van der Waals surface area contributed by atoms with Crippen molar-refractivity contribution < 1.29 is 9.16 Å². The lowest BCUT2D eigenvalue weighted by molar-refractivity contribution is 0.446. The Hall–Kier alpha value is -0.943. The van der Waals surface area contributed by atoms with Gasteiger partial charge < -0.3 is 9.16 Å². The van der Waals surface area contributed by atoms with Crippen LogP contribution in [0.3, 0.4) is 0 Å². The molecule has 130 valence electrons. The molecule has 1 heterocycles. The fourth-order valence-electron chi connectivity index (χ4n) is 1.76. The third-order valence-electron chi connectivity index (χ3n) is 4.46. The van der Waals surface area contributed by atoms with Gasteiger partial charge in [-0.3, -0.25) is 0 Å². The number of hydrogen-bond donors (Lipinski definition) is 0. The Labute approximate surface area is 147 Å². The monoisotopic (exact) mass is 353 g/mol. The molecular formula is C18H31NO2SSi. The molecule has 0 radical (unpaired) electrons. The minimum atomic E-state index is -1.90. The third-order valence-corrected chi connectivity index (χ3v) is 9.28. The highest BCUT2D eigenvalue weighted by Gasteiger charge is 2.39. The largest absolute Gasteiger partial charge is 0.531 e. The Bertz CT molecular complexity index is 526. The predicted octanol–water partition coefficient (Wildman–Crippen LogP) is 6.00. The van der Waals surface area contributed by atoms with Crippen molar-refractivity contribution in [3.8, 4) is 11.8 Å². The van der Waals surface area contributed by atoms with Crippen LogP contribution in [0.5, 0.6) is 11.8 Å². The zero-order valence-corrected chi connectivity index (χ0v) is 17.4. The molecule has 5 heteroatoms. The number of thiocarbonyl (C=S) groups is 1. The van der Waals surface area contributed by atoms with E-state index in [0.29, 0.717) is 16.8 Å². The molecule has 23 heavy (non-hydrogen) atoms. The minimum absolute atomic E-state index is 0.134. The lowest BCUT2D eigenvalue weighted by atomic mass is 10.1. The van der Waals surface area contributed by atoms with Gasteiger partial charge in [0.2, 0.25) is 11.8 Å². The standard InChI is InChI=1S/C18H31NO2SSi/c1-8-9-11-14(2)17(22)20-15-12-10-13-16(19-15)21-23(6,7)18(3,4)5/h10,12-14H,8-9,11H2,1-7H3. The number of ether oxygens (including phenoxy) is 1. The second-order valence-corrected chi connectivity index (χ2v) is 12.8. The minimum Gasteiger partial charge on any atom is -0.531 e. The van der Waals surface area contributed by atoms with Crippen molar-refractivity contribution in [2.45, 2.75) is 72.0 Å². The Balaban J connectivity index is 2.76. The maximum atomic E-state index is 6.22. The van der Waals surface area contributed by atoms with E-state index in [1.165, 1.54) is 6.42 Å². The van der Waals surface area contributed by atoms with Gasteiger partial charge in [0.05, 0.1) is 0 Å². The summed E-state index contributed by atoms with van der Waals surface area (Å²) in [7, 11) is -1.90. The molecule has 0 aliphatic rings. The van der Waals surface area contributed by atoms with E-state index < -0.39 is 8.32 Å². The van der Waals surface area contributed by atoms with Crippen LogP contribution in [-0.4, -0.2) is 18.4 Å². The normalized spacial score (nSPS) is 13.5. The highest BCUT2D eigenvalue weighted by molar-refractivity contribution is 7.80. The summed E-state index contributed by atoms with van der Waals surface area (Å²) in [4.78, 5) is 4.48. The number of rotatable bonds is 7. The van der Waals surface area contributed by atoms with Gasteiger partial charge in [0, 0.05) is 12.0 Å². The van der Waals surface area contributed by atoms with Crippen LogP contribution in [0.15, 0.2) is 18.2 Å². The van der Waals surface area contributed by atoms with Gasteiger partial charge in [0.15, 0.2) is 5.05 Å². The average molecular weight is 354 g/mol. The maximum Gasteiger partial charge on any atom is 0.252 e. The molecule has 0 spiro atoms. The summed E-state index contributed by atoms with van der Waals surface area (Å²) >= 11 is 5.39. The second-order valence-electron chi connectivity index (χ2n) is 7.64. The molecule has 1 atom stereocenters. The molecule has 0 saturated heterocycles. The lowest BCUT2D eigenvalue weighted by Crippen LogP contribution is -2.44. The van der Waals surface area contributed by atoms with E-state index in [4.69, 9.17) is 21.4 Å². The zero-order chi connectivity index (χ0) is 17.7. The number of unbranched alkanes of at least 4 members (excludes halogenated alkanes) is 1. The van der Waals surface area contributed by atoms with E-state index in [1.54, 1.807) is 0 Å². The Kier molecular flexibility index (Phi) is 7.20. The van der Waals surface area contributed by atoms with Gasteiger partial charge in [-0.1, -0.05) is 53.5 Å². The Morgan fingerprint density at radius 2 is 1.87 bits per heavy atom. The van der Waals surface area contributed by atoms with Crippen LogP contribution in [0, 0.1) is 5.92 Å². The summed E-state index contributed by atoms with van der Waals surface area (Å²) in [6.45, 7) is 15.3. The first kappa shape index (κ1) is 20.1. The summed E-state index contributed by atoms with van der Waals surface area (Å²) in [5.74, 6) is 1.41. The van der Waals surface area contributed by atoms with Gasteiger partial charge in [0.1, 0.15) is 0 Å². The van der Waals surface area contributed by atoms with Crippen molar-refractivity contribution in [3.63, 3.8) is 0 Å². The molecule has 0 aliphatic heterocycles. The van der Waals surface area contributed by atoms with Crippen LogP contribution < -0.4 is 9.16 Å². The first-order chi connectivity index (χ1) is 10.6. The van der Waals surface area contributed by atoms with Crippen LogP contribution in [0.25, 0.3) is 0 Å². The molecule has 0 saturated carbocycles. The van der Waals surface area contributed by atoms with E-state index in [9.17, 15) is 0 Å². The molecule has 0 N–H and O–H groups in total. The van der Waals surface area contributed by atoms with Crippen molar-refractivity contribution >= 4 is 25.6 Å². The van der Waals surface area contributed by atoms with Gasteiger partial charge in [-0.25, -0.2) is 0 Å². The zero-order valence-electron chi connectivity index (χ0n) is 15.6. The maximum absolute atomic E-state index is 6.22. The average Bonchev–Trinajstić information content (AvgIpc) is 2.43. The SMILES string of the molecule is CCCCC(C)C(=S)Oc1cccc(O[Si](C)(C)C(C)(C)C)n1. The number of pyridine rings is 1. The lowest BCUT2D eigenvalue weighted by Gasteiger charge is -2.35. The number of nitrogens with zero attached hydrogens (tertiary/aromatic N) is 1. The predicted molar refractivity (Wildman–Crippen MR) is 104 cm³/mol. The van der Waals surface area contributed by atoms with E-state index >= 15 is 0 Å². The van der Waals surface area contributed by atoms with Gasteiger partial charge in [-0.15, -0.1) is 0 Å². The van der Waals surface area contributed by atoms with Crippen molar-refractivity contribution in [1.29, 1.82) is 0 Å². The molecule has 1 aromatic heterocycles. The van der Waals surface area contributed by atoms with E-state index in [-0.39, 0.29) is 11.0 Å². The first-order valence-electron chi connectivity index (χ1n) is 8.44. The summed E-state index contributed by atoms with van der Waals surface area (Å²) in [5.41, 5.74) is 0. The van der Waals surface area contributed by atoms with Gasteiger partial charge in [-0.05, 0) is 42.8 Å². The third kappa shape index (κ3) is 6.22. The molecule has 0 aromatic carbocycles. The van der Waals surface area contributed by atoms with Gasteiger partial charge in [-0.2, -0.15) is 4.98 Å². The first-order valence-corrected chi connectivity index (χ1v) is 11.8. The van der Waals surface area contributed by atoms with Crippen LogP contribution in [0.4, 0.5) is 0 Å². The highest BCUT2D eigenvalue weighted by atomic mass is 32.1. The smallest absolute Gasteiger partial charge is 0.252 e. The van der Waals surface area contributed by atoms with Gasteiger partial charge >= 0.3 is 0 Å². The molecule has 0 amide bonds. The summed E-state index contributed by atoms with van der Waals surface area (Å²) in [6.07, 6.45) is 3.38. The summed E-state index contributed by atoms with van der Waals surface area (Å²) < 4.78 is 12.0.